The normalized spacial score (nSPS) is 19.9. The topological polar surface area (TPSA) is 42.1 Å². The monoisotopic (exact) mass is 345 g/mol. The van der Waals surface area contributed by atoms with Gasteiger partial charge in [-0.2, -0.15) is 0 Å². The van der Waals surface area contributed by atoms with Crippen molar-refractivity contribution in [2.45, 2.75) is 13.5 Å². The molecule has 3 rings (SSSR count). The first kappa shape index (κ1) is 18.0. The number of likely N-dealkylation sites (N-methyl/N-ethyl adjacent to an activating group) is 2. The first-order chi connectivity index (χ1) is 12.2. The molecule has 1 N–H and O–H groups in total. The first-order valence-corrected chi connectivity index (χ1v) is 9.44. The molecule has 6 heteroatoms. The van der Waals surface area contributed by atoms with Crippen molar-refractivity contribution in [2.75, 3.05) is 70.9 Å². The zero-order valence-corrected chi connectivity index (χ0v) is 15.6. The minimum absolute atomic E-state index is 0.0592. The van der Waals surface area contributed by atoms with Crippen LogP contribution in [0.25, 0.3) is 0 Å². The van der Waals surface area contributed by atoms with Crippen molar-refractivity contribution in [2.24, 2.45) is 0 Å². The highest BCUT2D eigenvalue weighted by Crippen LogP contribution is 2.21. The Morgan fingerprint density at radius 3 is 2.36 bits per heavy atom. The van der Waals surface area contributed by atoms with Gasteiger partial charge in [0.1, 0.15) is 0 Å². The van der Waals surface area contributed by atoms with E-state index in [-0.39, 0.29) is 6.03 Å². The van der Waals surface area contributed by atoms with E-state index in [0.717, 1.165) is 58.9 Å². The van der Waals surface area contributed by atoms with Crippen LogP contribution in [0.15, 0.2) is 24.3 Å². The number of carbonyl (C=O) groups is 1. The number of anilines is 1. The van der Waals surface area contributed by atoms with Crippen LogP contribution >= 0.6 is 0 Å². The van der Waals surface area contributed by atoms with Crippen molar-refractivity contribution in [3.63, 3.8) is 0 Å². The average Bonchev–Trinajstić information content (AvgIpc) is 2.67. The highest BCUT2D eigenvalue weighted by atomic mass is 16.2. The molecule has 2 saturated heterocycles. The lowest BCUT2D eigenvalue weighted by molar-refractivity contribution is 0.142. The van der Waals surface area contributed by atoms with Crippen molar-refractivity contribution in [1.82, 2.24) is 20.0 Å². The maximum atomic E-state index is 12.5. The summed E-state index contributed by atoms with van der Waals surface area (Å²) in [4.78, 5) is 21.6. The van der Waals surface area contributed by atoms with Gasteiger partial charge in [-0.25, -0.2) is 4.79 Å². The molecule has 1 aromatic carbocycles. The summed E-state index contributed by atoms with van der Waals surface area (Å²) in [5, 5.41) is 3.12. The second-order valence-corrected chi connectivity index (χ2v) is 7.00. The molecule has 0 spiro atoms. The van der Waals surface area contributed by atoms with Crippen molar-refractivity contribution in [1.29, 1.82) is 0 Å². The largest absolute Gasteiger partial charge is 0.369 e. The molecule has 0 radical (unpaired) electrons. The molecule has 2 aliphatic heterocycles. The lowest BCUT2D eigenvalue weighted by Gasteiger charge is -2.35. The number of hydrogen-bond acceptors (Lipinski definition) is 4. The summed E-state index contributed by atoms with van der Waals surface area (Å²) in [5.74, 6) is 0. The summed E-state index contributed by atoms with van der Waals surface area (Å²) in [5.41, 5.74) is 2.46. The third-order valence-corrected chi connectivity index (χ3v) is 5.37. The first-order valence-electron chi connectivity index (χ1n) is 9.44. The fourth-order valence-corrected chi connectivity index (χ4v) is 3.57. The number of nitrogens with one attached hydrogen (secondary N) is 1. The fourth-order valence-electron chi connectivity index (χ4n) is 3.57. The second kappa shape index (κ2) is 8.54. The van der Waals surface area contributed by atoms with Crippen LogP contribution in [0.2, 0.25) is 0 Å². The third kappa shape index (κ3) is 4.64. The van der Waals surface area contributed by atoms with Crippen LogP contribution in [0.1, 0.15) is 12.5 Å². The summed E-state index contributed by atoms with van der Waals surface area (Å²) in [7, 11) is 2.17. The molecule has 0 unspecified atom stereocenters. The smallest absolute Gasteiger partial charge is 0.317 e. The number of carbonyl (C=O) groups excluding carboxylic acids is 1. The summed E-state index contributed by atoms with van der Waals surface area (Å²) in [6.07, 6.45) is 0. The summed E-state index contributed by atoms with van der Waals surface area (Å²) >= 11 is 0. The van der Waals surface area contributed by atoms with Gasteiger partial charge in [0.05, 0.1) is 0 Å². The quantitative estimate of drug-likeness (QED) is 0.893. The Morgan fingerprint density at radius 1 is 1.00 bits per heavy atom. The van der Waals surface area contributed by atoms with Gasteiger partial charge >= 0.3 is 6.03 Å². The van der Waals surface area contributed by atoms with Crippen molar-refractivity contribution < 1.29 is 4.79 Å². The number of hydrogen-bond donors (Lipinski definition) is 1. The van der Waals surface area contributed by atoms with Gasteiger partial charge in [0.25, 0.3) is 0 Å². The molecule has 0 saturated carbocycles. The molecule has 0 bridgehead atoms. The van der Waals surface area contributed by atoms with Gasteiger partial charge in [-0.3, -0.25) is 0 Å². The van der Waals surface area contributed by atoms with E-state index in [9.17, 15) is 4.79 Å². The minimum atomic E-state index is 0.0592. The Kier molecular flexibility index (Phi) is 6.15. The summed E-state index contributed by atoms with van der Waals surface area (Å²) in [6.45, 7) is 11.7. The second-order valence-electron chi connectivity index (χ2n) is 7.00. The van der Waals surface area contributed by atoms with E-state index in [1.165, 1.54) is 11.3 Å². The van der Waals surface area contributed by atoms with E-state index in [1.54, 1.807) is 0 Å². The fraction of sp³-hybridized carbons (Fsp3) is 0.632. The van der Waals surface area contributed by atoms with E-state index in [2.05, 4.69) is 58.3 Å². The van der Waals surface area contributed by atoms with Gasteiger partial charge in [0.15, 0.2) is 0 Å². The maximum Gasteiger partial charge on any atom is 0.317 e. The zero-order valence-electron chi connectivity index (χ0n) is 15.6. The molecule has 0 aromatic heterocycles. The Morgan fingerprint density at radius 2 is 1.68 bits per heavy atom. The molecule has 2 aliphatic rings. The molecular formula is C19H31N5O. The van der Waals surface area contributed by atoms with Crippen molar-refractivity contribution >= 4 is 11.7 Å². The summed E-state index contributed by atoms with van der Waals surface area (Å²) < 4.78 is 0. The van der Waals surface area contributed by atoms with Gasteiger partial charge in [-0.05, 0) is 25.2 Å². The van der Waals surface area contributed by atoms with E-state index in [0.29, 0.717) is 6.54 Å². The average molecular weight is 345 g/mol. The predicted molar refractivity (Wildman–Crippen MR) is 102 cm³/mol. The van der Waals surface area contributed by atoms with E-state index in [1.807, 2.05) is 4.90 Å². The Balaban J connectivity index is 1.55. The molecule has 0 aliphatic carbocycles. The number of benzene rings is 1. The number of nitrogens with zero attached hydrogens (tertiary/aromatic N) is 4. The summed E-state index contributed by atoms with van der Waals surface area (Å²) in [6, 6.07) is 8.50. The minimum Gasteiger partial charge on any atom is -0.369 e. The highest BCUT2D eigenvalue weighted by molar-refractivity contribution is 5.74. The van der Waals surface area contributed by atoms with E-state index in [4.69, 9.17) is 0 Å². The van der Waals surface area contributed by atoms with Gasteiger partial charge < -0.3 is 24.9 Å². The molecule has 25 heavy (non-hydrogen) atoms. The number of rotatable bonds is 4. The van der Waals surface area contributed by atoms with Crippen LogP contribution in [-0.4, -0.2) is 86.7 Å². The Bertz CT molecular complexity index is 563. The number of amides is 2. The van der Waals surface area contributed by atoms with Gasteiger partial charge in [-0.1, -0.05) is 25.1 Å². The van der Waals surface area contributed by atoms with E-state index < -0.39 is 0 Å². The van der Waals surface area contributed by atoms with Crippen LogP contribution in [-0.2, 0) is 6.54 Å². The molecule has 0 atom stereocenters. The lowest BCUT2D eigenvalue weighted by atomic mass is 10.1. The third-order valence-electron chi connectivity index (χ3n) is 5.37. The molecule has 138 valence electrons. The van der Waals surface area contributed by atoms with Crippen LogP contribution in [0.3, 0.4) is 0 Å². The van der Waals surface area contributed by atoms with Gasteiger partial charge in [-0.15, -0.1) is 0 Å². The van der Waals surface area contributed by atoms with Crippen LogP contribution in [0, 0.1) is 0 Å². The SMILES string of the molecule is CCN1CCN(C(=O)NCc2ccccc2N2CCN(C)CC2)CC1. The predicted octanol–water partition coefficient (Wildman–Crippen LogP) is 1.29. The lowest BCUT2D eigenvalue weighted by Crippen LogP contribution is -2.51. The molecule has 2 heterocycles. The number of piperazine rings is 2. The van der Waals surface area contributed by atoms with E-state index >= 15 is 0 Å². The molecule has 2 fully saturated rings. The Hall–Kier alpha value is -1.79. The highest BCUT2D eigenvalue weighted by Gasteiger charge is 2.21. The standard InChI is InChI=1S/C19H31N5O/c1-3-22-10-14-24(15-11-22)19(25)20-16-17-6-4-5-7-18(17)23-12-8-21(2)9-13-23/h4-7H,3,8-16H2,1-2H3,(H,20,25). The van der Waals surface area contributed by atoms with Crippen LogP contribution < -0.4 is 10.2 Å². The van der Waals surface area contributed by atoms with Crippen molar-refractivity contribution in [3.8, 4) is 0 Å². The number of para-hydroxylation sites is 1. The van der Waals surface area contributed by atoms with Crippen LogP contribution in [0.4, 0.5) is 10.5 Å². The molecule has 1 aromatic rings. The molecule has 6 nitrogen and oxygen atoms in total. The van der Waals surface area contributed by atoms with Gasteiger partial charge in [0.2, 0.25) is 0 Å². The number of urea groups is 1. The maximum absolute atomic E-state index is 12.5. The van der Waals surface area contributed by atoms with Crippen molar-refractivity contribution in [3.05, 3.63) is 29.8 Å². The Labute approximate surface area is 151 Å². The van der Waals surface area contributed by atoms with Gasteiger partial charge in [0, 0.05) is 64.6 Å². The molecule has 2 amide bonds. The molecular weight excluding hydrogens is 314 g/mol. The van der Waals surface area contributed by atoms with Crippen LogP contribution in [0.5, 0.6) is 0 Å². The zero-order chi connectivity index (χ0) is 17.6.